The van der Waals surface area contributed by atoms with Crippen LogP contribution in [0.4, 0.5) is 0 Å². The van der Waals surface area contributed by atoms with E-state index in [1.54, 1.807) is 7.11 Å². The van der Waals surface area contributed by atoms with E-state index in [2.05, 4.69) is 9.97 Å². The SMILES string of the molecule is COC1CCCC(Oc2nc(C)cc(CN)n2)C1. The molecule has 5 nitrogen and oxygen atoms in total. The number of hydrogen-bond acceptors (Lipinski definition) is 5. The third kappa shape index (κ3) is 3.40. The van der Waals surface area contributed by atoms with Crippen LogP contribution in [-0.2, 0) is 11.3 Å². The van der Waals surface area contributed by atoms with Gasteiger partial charge in [0, 0.05) is 25.8 Å². The molecule has 2 rings (SSSR count). The van der Waals surface area contributed by atoms with Gasteiger partial charge < -0.3 is 15.2 Å². The second kappa shape index (κ2) is 6.11. The second-order valence-electron chi connectivity index (χ2n) is 4.75. The van der Waals surface area contributed by atoms with Crippen LogP contribution in [0.3, 0.4) is 0 Å². The van der Waals surface area contributed by atoms with Gasteiger partial charge in [0.15, 0.2) is 0 Å². The lowest BCUT2D eigenvalue weighted by atomic mass is 9.95. The van der Waals surface area contributed by atoms with Crippen LogP contribution in [0, 0.1) is 6.92 Å². The van der Waals surface area contributed by atoms with Gasteiger partial charge in [-0.2, -0.15) is 4.98 Å². The molecule has 2 unspecified atom stereocenters. The Labute approximate surface area is 108 Å². The van der Waals surface area contributed by atoms with Gasteiger partial charge in [-0.05, 0) is 32.3 Å². The molecular formula is C13H21N3O2. The minimum atomic E-state index is 0.149. The summed E-state index contributed by atoms with van der Waals surface area (Å²) in [6, 6.07) is 2.32. The highest BCUT2D eigenvalue weighted by molar-refractivity contribution is 5.12. The molecule has 1 aliphatic rings. The molecule has 1 heterocycles. The van der Waals surface area contributed by atoms with Gasteiger partial charge >= 0.3 is 6.01 Å². The van der Waals surface area contributed by atoms with Crippen LogP contribution in [0.5, 0.6) is 6.01 Å². The van der Waals surface area contributed by atoms with E-state index >= 15 is 0 Å². The van der Waals surface area contributed by atoms with Crippen LogP contribution in [0.15, 0.2) is 6.07 Å². The Morgan fingerprint density at radius 3 is 2.83 bits per heavy atom. The fraction of sp³-hybridized carbons (Fsp3) is 0.692. The van der Waals surface area contributed by atoms with Crippen LogP contribution in [-0.4, -0.2) is 29.3 Å². The highest BCUT2D eigenvalue weighted by Crippen LogP contribution is 2.24. The lowest BCUT2D eigenvalue weighted by Crippen LogP contribution is -2.30. The molecule has 2 atom stereocenters. The first kappa shape index (κ1) is 13.2. The van der Waals surface area contributed by atoms with Crippen molar-refractivity contribution in [2.45, 2.75) is 51.4 Å². The maximum atomic E-state index is 5.85. The van der Waals surface area contributed by atoms with Crippen LogP contribution in [0.25, 0.3) is 0 Å². The van der Waals surface area contributed by atoms with Crippen molar-refractivity contribution >= 4 is 0 Å². The second-order valence-corrected chi connectivity index (χ2v) is 4.75. The molecule has 1 aromatic heterocycles. The summed E-state index contributed by atoms with van der Waals surface area (Å²) in [5.74, 6) is 0. The molecule has 5 heteroatoms. The zero-order chi connectivity index (χ0) is 13.0. The summed E-state index contributed by atoms with van der Waals surface area (Å²) in [6.45, 7) is 2.33. The number of rotatable bonds is 4. The van der Waals surface area contributed by atoms with Crippen molar-refractivity contribution < 1.29 is 9.47 Å². The van der Waals surface area contributed by atoms with Crippen molar-refractivity contribution in [3.05, 3.63) is 17.5 Å². The Balaban J connectivity index is 2.02. The molecule has 1 saturated carbocycles. The molecule has 1 aromatic rings. The summed E-state index contributed by atoms with van der Waals surface area (Å²) in [7, 11) is 1.75. The molecule has 2 N–H and O–H groups in total. The zero-order valence-electron chi connectivity index (χ0n) is 11.1. The van der Waals surface area contributed by atoms with E-state index in [0.29, 0.717) is 18.7 Å². The summed E-state index contributed by atoms with van der Waals surface area (Å²) in [6.07, 6.45) is 4.62. The Hall–Kier alpha value is -1.20. The highest BCUT2D eigenvalue weighted by atomic mass is 16.5. The first-order valence-corrected chi connectivity index (χ1v) is 6.45. The fourth-order valence-electron chi connectivity index (χ4n) is 2.33. The maximum absolute atomic E-state index is 5.85. The molecule has 0 bridgehead atoms. The third-order valence-electron chi connectivity index (χ3n) is 3.28. The molecule has 100 valence electrons. The Morgan fingerprint density at radius 1 is 1.33 bits per heavy atom. The van der Waals surface area contributed by atoms with Crippen LogP contribution >= 0.6 is 0 Å². The van der Waals surface area contributed by atoms with E-state index in [4.69, 9.17) is 15.2 Å². The Kier molecular flexibility index (Phi) is 4.49. The number of aryl methyl sites for hydroxylation is 1. The number of aromatic nitrogens is 2. The summed E-state index contributed by atoms with van der Waals surface area (Å²) >= 11 is 0. The molecule has 0 aliphatic heterocycles. The van der Waals surface area contributed by atoms with Crippen molar-refractivity contribution in [2.75, 3.05) is 7.11 Å². The molecule has 0 amide bonds. The summed E-state index contributed by atoms with van der Waals surface area (Å²) in [5.41, 5.74) is 7.30. The van der Waals surface area contributed by atoms with Crippen LogP contribution in [0.1, 0.15) is 37.1 Å². The van der Waals surface area contributed by atoms with E-state index in [9.17, 15) is 0 Å². The number of hydrogen-bond donors (Lipinski definition) is 1. The monoisotopic (exact) mass is 251 g/mol. The van der Waals surface area contributed by atoms with Crippen molar-refractivity contribution in [2.24, 2.45) is 5.73 Å². The van der Waals surface area contributed by atoms with E-state index < -0.39 is 0 Å². The molecule has 1 fully saturated rings. The molecule has 1 aliphatic carbocycles. The van der Waals surface area contributed by atoms with E-state index in [1.807, 2.05) is 13.0 Å². The summed E-state index contributed by atoms with van der Waals surface area (Å²) in [5, 5.41) is 0. The zero-order valence-corrected chi connectivity index (χ0v) is 11.1. The van der Waals surface area contributed by atoms with Crippen molar-refractivity contribution in [3.8, 4) is 6.01 Å². The van der Waals surface area contributed by atoms with Gasteiger partial charge in [-0.15, -0.1) is 0 Å². The lowest BCUT2D eigenvalue weighted by molar-refractivity contribution is 0.0177. The van der Waals surface area contributed by atoms with E-state index in [-0.39, 0.29) is 6.10 Å². The van der Waals surface area contributed by atoms with Crippen LogP contribution < -0.4 is 10.5 Å². The minimum Gasteiger partial charge on any atom is -0.460 e. The van der Waals surface area contributed by atoms with E-state index in [1.165, 1.54) is 0 Å². The van der Waals surface area contributed by atoms with Gasteiger partial charge in [0.1, 0.15) is 6.10 Å². The van der Waals surface area contributed by atoms with Crippen LogP contribution in [0.2, 0.25) is 0 Å². The number of nitrogens with two attached hydrogens (primary N) is 1. The highest BCUT2D eigenvalue weighted by Gasteiger charge is 2.23. The largest absolute Gasteiger partial charge is 0.460 e. The first-order chi connectivity index (χ1) is 8.71. The predicted molar refractivity (Wildman–Crippen MR) is 68.3 cm³/mol. The van der Waals surface area contributed by atoms with Crippen molar-refractivity contribution in [1.29, 1.82) is 0 Å². The maximum Gasteiger partial charge on any atom is 0.317 e. The molecular weight excluding hydrogens is 230 g/mol. The Morgan fingerprint density at radius 2 is 2.11 bits per heavy atom. The lowest BCUT2D eigenvalue weighted by Gasteiger charge is -2.27. The minimum absolute atomic E-state index is 0.149. The molecule has 0 saturated heterocycles. The summed E-state index contributed by atoms with van der Waals surface area (Å²) < 4.78 is 11.2. The fourth-order valence-corrected chi connectivity index (χ4v) is 2.33. The first-order valence-electron chi connectivity index (χ1n) is 6.45. The number of nitrogens with zero attached hydrogens (tertiary/aromatic N) is 2. The van der Waals surface area contributed by atoms with Crippen molar-refractivity contribution in [3.63, 3.8) is 0 Å². The smallest absolute Gasteiger partial charge is 0.317 e. The quantitative estimate of drug-likeness (QED) is 0.879. The van der Waals surface area contributed by atoms with Gasteiger partial charge in [0.2, 0.25) is 0 Å². The molecule has 0 spiro atoms. The average Bonchev–Trinajstić information content (AvgIpc) is 2.38. The van der Waals surface area contributed by atoms with Gasteiger partial charge in [-0.3, -0.25) is 0 Å². The predicted octanol–water partition coefficient (Wildman–Crippen LogP) is 1.58. The average molecular weight is 251 g/mol. The third-order valence-corrected chi connectivity index (χ3v) is 3.28. The molecule has 18 heavy (non-hydrogen) atoms. The van der Waals surface area contributed by atoms with Gasteiger partial charge in [-0.25, -0.2) is 4.98 Å². The van der Waals surface area contributed by atoms with Gasteiger partial charge in [-0.1, -0.05) is 0 Å². The van der Waals surface area contributed by atoms with Crippen molar-refractivity contribution in [1.82, 2.24) is 9.97 Å². The summed E-state index contributed by atoms with van der Waals surface area (Å²) in [4.78, 5) is 8.59. The standard InChI is InChI=1S/C13H21N3O2/c1-9-6-10(8-14)16-13(15-9)18-12-5-3-4-11(7-12)17-2/h6,11-12H,3-5,7-8,14H2,1-2H3. The molecule has 0 aromatic carbocycles. The normalized spacial score (nSPS) is 23.9. The van der Waals surface area contributed by atoms with E-state index in [0.717, 1.165) is 37.1 Å². The number of methoxy groups -OCH3 is 1. The topological polar surface area (TPSA) is 70.3 Å². The number of ether oxygens (including phenoxy) is 2. The Bertz CT molecular complexity index is 398. The van der Waals surface area contributed by atoms with Gasteiger partial charge in [0.05, 0.1) is 11.8 Å². The molecule has 0 radical (unpaired) electrons. The van der Waals surface area contributed by atoms with Gasteiger partial charge in [0.25, 0.3) is 0 Å².